The minimum absolute atomic E-state index is 0.139. The van der Waals surface area contributed by atoms with Gasteiger partial charge in [0.25, 0.3) is 0 Å². The first-order chi connectivity index (χ1) is 6.37. The molecule has 0 amide bonds. The maximum Gasteiger partial charge on any atom is 0.101 e. The Labute approximate surface area is 87.4 Å². The van der Waals surface area contributed by atoms with Crippen molar-refractivity contribution < 1.29 is 9.47 Å². The molecule has 14 heavy (non-hydrogen) atoms. The maximum atomic E-state index is 5.76. The van der Waals surface area contributed by atoms with Gasteiger partial charge in [0.2, 0.25) is 0 Å². The number of nitrogens with zero attached hydrogens (tertiary/aromatic N) is 1. The summed E-state index contributed by atoms with van der Waals surface area (Å²) in [6, 6.07) is 0. The molecule has 1 aliphatic rings. The average molecular weight is 201 g/mol. The average Bonchev–Trinajstić information content (AvgIpc) is 2.02. The molecule has 3 heteroatoms. The molecule has 0 radical (unpaired) electrons. The Morgan fingerprint density at radius 1 is 1.43 bits per heavy atom. The van der Waals surface area contributed by atoms with Crippen LogP contribution in [0.15, 0.2) is 0 Å². The van der Waals surface area contributed by atoms with Gasteiger partial charge < -0.3 is 9.47 Å². The van der Waals surface area contributed by atoms with Crippen LogP contribution < -0.4 is 0 Å². The summed E-state index contributed by atoms with van der Waals surface area (Å²) in [7, 11) is 1.73. The zero-order valence-corrected chi connectivity index (χ0v) is 10.1. The van der Waals surface area contributed by atoms with Gasteiger partial charge in [-0.15, -0.1) is 0 Å². The van der Waals surface area contributed by atoms with E-state index in [0.717, 1.165) is 19.7 Å². The molecule has 0 aliphatic carbocycles. The SMILES string of the molecule is COC[C@@]1(C)CN(C(C)(C)C)CCO1. The topological polar surface area (TPSA) is 21.7 Å². The molecule has 1 saturated heterocycles. The van der Waals surface area contributed by atoms with Crippen LogP contribution in [-0.2, 0) is 9.47 Å². The van der Waals surface area contributed by atoms with Crippen LogP contribution >= 0.6 is 0 Å². The molecule has 0 bridgehead atoms. The number of hydrogen-bond acceptors (Lipinski definition) is 3. The molecule has 3 nitrogen and oxygen atoms in total. The van der Waals surface area contributed by atoms with E-state index in [9.17, 15) is 0 Å². The molecular weight excluding hydrogens is 178 g/mol. The third kappa shape index (κ3) is 2.94. The molecule has 1 heterocycles. The van der Waals surface area contributed by atoms with Crippen LogP contribution in [0.3, 0.4) is 0 Å². The fraction of sp³-hybridized carbons (Fsp3) is 1.00. The van der Waals surface area contributed by atoms with Crippen molar-refractivity contribution >= 4 is 0 Å². The smallest absolute Gasteiger partial charge is 0.101 e. The quantitative estimate of drug-likeness (QED) is 0.676. The van der Waals surface area contributed by atoms with Crippen LogP contribution in [0, 0.1) is 0 Å². The Kier molecular flexibility index (Phi) is 3.56. The molecule has 84 valence electrons. The van der Waals surface area contributed by atoms with E-state index in [1.165, 1.54) is 0 Å². The largest absolute Gasteiger partial charge is 0.382 e. The predicted molar refractivity (Wildman–Crippen MR) is 57.6 cm³/mol. The molecule has 0 aromatic carbocycles. The summed E-state index contributed by atoms with van der Waals surface area (Å²) in [4.78, 5) is 2.45. The van der Waals surface area contributed by atoms with Crippen molar-refractivity contribution in [3.05, 3.63) is 0 Å². The molecule has 1 atom stereocenters. The second-order valence-corrected chi connectivity index (χ2v) is 5.32. The highest BCUT2D eigenvalue weighted by atomic mass is 16.5. The molecule has 1 aliphatic heterocycles. The van der Waals surface area contributed by atoms with E-state index in [4.69, 9.17) is 9.47 Å². The van der Waals surface area contributed by atoms with Crippen molar-refractivity contribution in [3.8, 4) is 0 Å². The van der Waals surface area contributed by atoms with Gasteiger partial charge in [-0.3, -0.25) is 4.90 Å². The van der Waals surface area contributed by atoms with E-state index in [-0.39, 0.29) is 11.1 Å². The Hall–Kier alpha value is -0.120. The lowest BCUT2D eigenvalue weighted by molar-refractivity contribution is -0.144. The highest BCUT2D eigenvalue weighted by Gasteiger charge is 2.36. The Balaban J connectivity index is 2.59. The van der Waals surface area contributed by atoms with Crippen molar-refractivity contribution in [1.82, 2.24) is 4.90 Å². The Bertz CT molecular complexity index is 184. The molecule has 0 aromatic heterocycles. The number of morpholine rings is 1. The van der Waals surface area contributed by atoms with Gasteiger partial charge in [-0.1, -0.05) is 0 Å². The van der Waals surface area contributed by atoms with Crippen molar-refractivity contribution in [3.63, 3.8) is 0 Å². The molecular formula is C11H23NO2. The highest BCUT2D eigenvalue weighted by Crippen LogP contribution is 2.23. The minimum Gasteiger partial charge on any atom is -0.382 e. The molecule has 0 N–H and O–H groups in total. The third-order valence-corrected chi connectivity index (χ3v) is 2.74. The van der Waals surface area contributed by atoms with Crippen LogP contribution in [0.25, 0.3) is 0 Å². The van der Waals surface area contributed by atoms with Gasteiger partial charge in [-0.05, 0) is 27.7 Å². The zero-order chi connectivity index (χ0) is 10.8. The summed E-state index contributed by atoms with van der Waals surface area (Å²) in [6.45, 7) is 12.3. The first-order valence-electron chi connectivity index (χ1n) is 5.25. The van der Waals surface area contributed by atoms with Gasteiger partial charge in [0.15, 0.2) is 0 Å². The zero-order valence-electron chi connectivity index (χ0n) is 10.1. The second kappa shape index (κ2) is 4.17. The van der Waals surface area contributed by atoms with Crippen LogP contribution in [0.5, 0.6) is 0 Å². The fourth-order valence-electron chi connectivity index (χ4n) is 1.90. The molecule has 0 spiro atoms. The lowest BCUT2D eigenvalue weighted by Crippen LogP contribution is -2.57. The van der Waals surface area contributed by atoms with E-state index in [2.05, 4.69) is 32.6 Å². The number of hydrogen-bond donors (Lipinski definition) is 0. The van der Waals surface area contributed by atoms with Crippen molar-refractivity contribution in [2.24, 2.45) is 0 Å². The van der Waals surface area contributed by atoms with Crippen molar-refractivity contribution in [1.29, 1.82) is 0 Å². The van der Waals surface area contributed by atoms with Gasteiger partial charge in [0.1, 0.15) is 5.60 Å². The fourth-order valence-corrected chi connectivity index (χ4v) is 1.90. The standard InChI is InChI=1S/C11H23NO2/c1-10(2,3)12-6-7-14-11(4,8-12)9-13-5/h6-9H2,1-5H3/t11-/m1/s1. The summed E-state index contributed by atoms with van der Waals surface area (Å²) in [6.07, 6.45) is 0. The van der Waals surface area contributed by atoms with Gasteiger partial charge in [-0.25, -0.2) is 0 Å². The first-order valence-corrected chi connectivity index (χ1v) is 5.25. The molecule has 1 rings (SSSR count). The lowest BCUT2D eigenvalue weighted by atomic mass is 9.99. The monoisotopic (exact) mass is 201 g/mol. The van der Waals surface area contributed by atoms with E-state index < -0.39 is 0 Å². The van der Waals surface area contributed by atoms with Gasteiger partial charge in [-0.2, -0.15) is 0 Å². The summed E-state index contributed by atoms with van der Waals surface area (Å²) in [5.74, 6) is 0. The van der Waals surface area contributed by atoms with Crippen molar-refractivity contribution in [2.75, 3.05) is 33.4 Å². The Morgan fingerprint density at radius 3 is 2.57 bits per heavy atom. The maximum absolute atomic E-state index is 5.76. The van der Waals surface area contributed by atoms with Crippen LogP contribution in [0.1, 0.15) is 27.7 Å². The van der Waals surface area contributed by atoms with E-state index in [1.807, 2.05) is 0 Å². The van der Waals surface area contributed by atoms with E-state index in [1.54, 1.807) is 7.11 Å². The molecule has 0 aromatic rings. The van der Waals surface area contributed by atoms with Crippen molar-refractivity contribution in [2.45, 2.75) is 38.8 Å². The van der Waals surface area contributed by atoms with Gasteiger partial charge in [0.05, 0.1) is 13.2 Å². The number of rotatable bonds is 2. The first kappa shape index (κ1) is 12.0. The second-order valence-electron chi connectivity index (χ2n) is 5.32. The van der Waals surface area contributed by atoms with Gasteiger partial charge >= 0.3 is 0 Å². The highest BCUT2D eigenvalue weighted by molar-refractivity contribution is 4.88. The van der Waals surface area contributed by atoms with Crippen LogP contribution in [0.2, 0.25) is 0 Å². The number of ether oxygens (including phenoxy) is 2. The van der Waals surface area contributed by atoms with Gasteiger partial charge in [0, 0.05) is 25.7 Å². The lowest BCUT2D eigenvalue weighted by Gasteiger charge is -2.46. The normalized spacial score (nSPS) is 30.6. The summed E-state index contributed by atoms with van der Waals surface area (Å²) in [5.41, 5.74) is 0.0824. The van der Waals surface area contributed by atoms with Crippen LogP contribution in [-0.4, -0.2) is 49.5 Å². The van der Waals surface area contributed by atoms with E-state index >= 15 is 0 Å². The van der Waals surface area contributed by atoms with Crippen LogP contribution in [0.4, 0.5) is 0 Å². The molecule has 0 unspecified atom stereocenters. The predicted octanol–water partition coefficient (Wildman–Crippen LogP) is 1.52. The minimum atomic E-state index is -0.139. The molecule has 0 saturated carbocycles. The summed E-state index contributed by atoms with van der Waals surface area (Å²) in [5, 5.41) is 0. The Morgan fingerprint density at radius 2 is 2.07 bits per heavy atom. The summed E-state index contributed by atoms with van der Waals surface area (Å²) < 4.78 is 11.0. The summed E-state index contributed by atoms with van der Waals surface area (Å²) >= 11 is 0. The molecule has 1 fully saturated rings. The third-order valence-electron chi connectivity index (χ3n) is 2.74. The van der Waals surface area contributed by atoms with E-state index in [0.29, 0.717) is 6.61 Å². The number of methoxy groups -OCH3 is 1.